The van der Waals surface area contributed by atoms with Crippen LogP contribution in [0.3, 0.4) is 0 Å². The second-order valence-electron chi connectivity index (χ2n) is 4.12. The van der Waals surface area contributed by atoms with Gasteiger partial charge in [-0.25, -0.2) is 8.42 Å². The molecular formula is C11H21N3O3S. The van der Waals surface area contributed by atoms with E-state index in [2.05, 4.69) is 17.1 Å². The SMILES string of the molecule is CCCCCCN(CCO)S(=O)(=O)c1cn[nH]c1. The molecule has 2 N–H and O–H groups in total. The van der Waals surface area contributed by atoms with Crippen molar-refractivity contribution in [1.29, 1.82) is 0 Å². The number of sulfonamides is 1. The van der Waals surface area contributed by atoms with Gasteiger partial charge in [0.05, 0.1) is 12.8 Å². The van der Waals surface area contributed by atoms with Crippen molar-refractivity contribution in [3.05, 3.63) is 12.4 Å². The average molecular weight is 275 g/mol. The standard InChI is InChI=1S/C11H21N3O3S/c1-2-3-4-5-6-14(7-8-15)18(16,17)11-9-12-13-10-11/h9-10,15H,2-8H2,1H3,(H,12,13). The van der Waals surface area contributed by atoms with Gasteiger partial charge in [0.2, 0.25) is 10.0 Å². The fourth-order valence-corrected chi connectivity index (χ4v) is 3.08. The zero-order chi connectivity index (χ0) is 13.4. The van der Waals surface area contributed by atoms with E-state index in [9.17, 15) is 8.42 Å². The lowest BCUT2D eigenvalue weighted by molar-refractivity contribution is 0.251. The molecular weight excluding hydrogens is 254 g/mol. The topological polar surface area (TPSA) is 86.3 Å². The molecule has 0 fully saturated rings. The molecule has 1 rings (SSSR count). The van der Waals surface area contributed by atoms with Gasteiger partial charge < -0.3 is 5.11 Å². The molecule has 0 aliphatic rings. The van der Waals surface area contributed by atoms with E-state index in [1.165, 1.54) is 16.7 Å². The van der Waals surface area contributed by atoms with Gasteiger partial charge in [0, 0.05) is 19.3 Å². The fourth-order valence-electron chi connectivity index (χ4n) is 1.71. The molecule has 0 radical (unpaired) electrons. The van der Waals surface area contributed by atoms with Crippen LogP contribution >= 0.6 is 0 Å². The van der Waals surface area contributed by atoms with Crippen molar-refractivity contribution in [3.63, 3.8) is 0 Å². The number of rotatable bonds is 9. The highest BCUT2D eigenvalue weighted by atomic mass is 32.2. The number of nitrogens with zero attached hydrogens (tertiary/aromatic N) is 2. The van der Waals surface area contributed by atoms with Gasteiger partial charge in [0.25, 0.3) is 0 Å². The first-order valence-corrected chi connectivity index (χ1v) is 7.66. The van der Waals surface area contributed by atoms with Crippen molar-refractivity contribution < 1.29 is 13.5 Å². The molecule has 104 valence electrons. The van der Waals surface area contributed by atoms with Gasteiger partial charge in [-0.05, 0) is 6.42 Å². The Labute approximate surface area is 108 Å². The molecule has 0 aliphatic heterocycles. The van der Waals surface area contributed by atoms with E-state index >= 15 is 0 Å². The lowest BCUT2D eigenvalue weighted by Gasteiger charge is -2.20. The van der Waals surface area contributed by atoms with Crippen molar-refractivity contribution in [2.24, 2.45) is 0 Å². The molecule has 0 bridgehead atoms. The van der Waals surface area contributed by atoms with Crippen LogP contribution in [0.25, 0.3) is 0 Å². The van der Waals surface area contributed by atoms with Crippen LogP contribution in [0.15, 0.2) is 17.3 Å². The van der Waals surface area contributed by atoms with Crippen LogP contribution < -0.4 is 0 Å². The summed E-state index contributed by atoms with van der Waals surface area (Å²) in [5, 5.41) is 15.1. The molecule has 18 heavy (non-hydrogen) atoms. The largest absolute Gasteiger partial charge is 0.395 e. The number of aliphatic hydroxyl groups excluding tert-OH is 1. The minimum absolute atomic E-state index is 0.125. The summed E-state index contributed by atoms with van der Waals surface area (Å²) in [5.41, 5.74) is 0. The molecule has 1 aromatic heterocycles. The number of H-pyrrole nitrogens is 1. The van der Waals surface area contributed by atoms with E-state index in [0.717, 1.165) is 25.7 Å². The smallest absolute Gasteiger partial charge is 0.246 e. The second kappa shape index (κ2) is 7.50. The van der Waals surface area contributed by atoms with Gasteiger partial charge in [0.15, 0.2) is 0 Å². The Morgan fingerprint density at radius 3 is 2.67 bits per heavy atom. The molecule has 0 aliphatic carbocycles. The van der Waals surface area contributed by atoms with Gasteiger partial charge in [-0.2, -0.15) is 9.40 Å². The Balaban J connectivity index is 2.66. The Kier molecular flexibility index (Phi) is 6.31. The maximum Gasteiger partial charge on any atom is 0.246 e. The highest BCUT2D eigenvalue weighted by molar-refractivity contribution is 7.89. The van der Waals surface area contributed by atoms with Crippen LogP contribution in [-0.4, -0.2) is 47.7 Å². The zero-order valence-corrected chi connectivity index (χ0v) is 11.5. The van der Waals surface area contributed by atoms with Crippen molar-refractivity contribution in [2.45, 2.75) is 37.5 Å². The van der Waals surface area contributed by atoms with E-state index in [1.54, 1.807) is 0 Å². The molecule has 0 saturated heterocycles. The minimum Gasteiger partial charge on any atom is -0.395 e. The summed E-state index contributed by atoms with van der Waals surface area (Å²) in [5.74, 6) is 0. The Morgan fingerprint density at radius 1 is 1.33 bits per heavy atom. The maximum atomic E-state index is 12.2. The molecule has 1 aromatic rings. The molecule has 0 unspecified atom stereocenters. The summed E-state index contributed by atoms with van der Waals surface area (Å²) in [6.45, 7) is 2.49. The summed E-state index contributed by atoms with van der Waals surface area (Å²) in [6, 6.07) is 0. The van der Waals surface area contributed by atoms with E-state index < -0.39 is 10.0 Å². The van der Waals surface area contributed by atoms with Crippen LogP contribution in [0.4, 0.5) is 0 Å². The molecule has 0 saturated carbocycles. The number of unbranched alkanes of at least 4 members (excludes halogenated alkanes) is 3. The van der Waals surface area contributed by atoms with Crippen molar-refractivity contribution in [2.75, 3.05) is 19.7 Å². The third-order valence-corrected chi connectivity index (χ3v) is 4.59. The highest BCUT2D eigenvalue weighted by Gasteiger charge is 2.24. The van der Waals surface area contributed by atoms with Crippen molar-refractivity contribution in [1.82, 2.24) is 14.5 Å². The summed E-state index contributed by atoms with van der Waals surface area (Å²) in [7, 11) is -3.53. The third-order valence-electron chi connectivity index (χ3n) is 2.72. The number of nitrogens with one attached hydrogen (secondary N) is 1. The summed E-state index contributed by atoms with van der Waals surface area (Å²) in [4.78, 5) is 0.145. The first-order chi connectivity index (χ1) is 8.62. The molecule has 1 heterocycles. The number of hydrogen-bond acceptors (Lipinski definition) is 4. The maximum absolute atomic E-state index is 12.2. The van der Waals surface area contributed by atoms with Crippen LogP contribution in [0.2, 0.25) is 0 Å². The first kappa shape index (κ1) is 15.1. The predicted octanol–water partition coefficient (Wildman–Crippen LogP) is 0.973. The third kappa shape index (κ3) is 4.08. The van der Waals surface area contributed by atoms with Crippen LogP contribution in [-0.2, 0) is 10.0 Å². The van der Waals surface area contributed by atoms with Gasteiger partial charge >= 0.3 is 0 Å². The fraction of sp³-hybridized carbons (Fsp3) is 0.727. The molecule has 0 atom stereocenters. The number of aromatic amines is 1. The molecule has 0 spiro atoms. The van der Waals surface area contributed by atoms with Gasteiger partial charge in [0.1, 0.15) is 4.90 Å². The summed E-state index contributed by atoms with van der Waals surface area (Å²) in [6.07, 6.45) is 6.65. The van der Waals surface area contributed by atoms with E-state index in [0.29, 0.717) is 6.54 Å². The van der Waals surface area contributed by atoms with Gasteiger partial charge in [-0.1, -0.05) is 26.2 Å². The highest BCUT2D eigenvalue weighted by Crippen LogP contribution is 2.14. The quantitative estimate of drug-likeness (QED) is 0.658. The van der Waals surface area contributed by atoms with Crippen LogP contribution in [0, 0.1) is 0 Å². The normalized spacial score (nSPS) is 12.2. The molecule has 0 amide bonds. The number of aromatic nitrogens is 2. The monoisotopic (exact) mass is 275 g/mol. The number of hydrogen-bond donors (Lipinski definition) is 2. The van der Waals surface area contributed by atoms with E-state index in [1.807, 2.05) is 0 Å². The van der Waals surface area contributed by atoms with Crippen molar-refractivity contribution >= 4 is 10.0 Å². The molecule has 0 aromatic carbocycles. The van der Waals surface area contributed by atoms with E-state index in [-0.39, 0.29) is 18.0 Å². The molecule has 7 heteroatoms. The molecule has 6 nitrogen and oxygen atoms in total. The van der Waals surface area contributed by atoms with Gasteiger partial charge in [-0.3, -0.25) is 5.10 Å². The lowest BCUT2D eigenvalue weighted by Crippen LogP contribution is -2.34. The van der Waals surface area contributed by atoms with Crippen LogP contribution in [0.5, 0.6) is 0 Å². The predicted molar refractivity (Wildman–Crippen MR) is 68.6 cm³/mol. The van der Waals surface area contributed by atoms with Crippen molar-refractivity contribution in [3.8, 4) is 0 Å². The Hall–Kier alpha value is -0.920. The summed E-state index contributed by atoms with van der Waals surface area (Å²) >= 11 is 0. The number of aliphatic hydroxyl groups is 1. The Morgan fingerprint density at radius 2 is 2.11 bits per heavy atom. The van der Waals surface area contributed by atoms with Gasteiger partial charge in [-0.15, -0.1) is 0 Å². The second-order valence-corrected chi connectivity index (χ2v) is 6.06. The lowest BCUT2D eigenvalue weighted by atomic mass is 10.2. The van der Waals surface area contributed by atoms with E-state index in [4.69, 9.17) is 5.11 Å². The summed E-state index contributed by atoms with van der Waals surface area (Å²) < 4.78 is 25.7. The minimum atomic E-state index is -3.53. The van der Waals surface area contributed by atoms with Crippen LogP contribution in [0.1, 0.15) is 32.6 Å². The zero-order valence-electron chi connectivity index (χ0n) is 10.7. The average Bonchev–Trinajstić information content (AvgIpc) is 2.87. The Bertz CT molecular complexity index is 417. The first-order valence-electron chi connectivity index (χ1n) is 6.22.